The third kappa shape index (κ3) is 10.6. The Bertz CT molecular complexity index is 3080. The topological polar surface area (TPSA) is 261 Å². The van der Waals surface area contributed by atoms with Gasteiger partial charge in [-0.25, -0.2) is 19.6 Å². The Labute approximate surface area is 453 Å². The Hall–Kier alpha value is -7.76. The zero-order chi connectivity index (χ0) is 54.2. The number of primary amides is 2. The second kappa shape index (κ2) is 22.3. The number of nitrogens with zero attached hydrogens (tertiary/aromatic N) is 4. The van der Waals surface area contributed by atoms with Crippen LogP contribution in [0.4, 0.5) is 9.59 Å². The molecule has 8 aliphatic rings. The Balaban J connectivity index is 0.842. The molecule has 6 aromatic rings. The molecule has 8 N–H and O–H groups in total. The van der Waals surface area contributed by atoms with E-state index in [2.05, 4.69) is 93.4 Å². The minimum absolute atomic E-state index is 0.00597. The van der Waals surface area contributed by atoms with Gasteiger partial charge in [-0.2, -0.15) is 0 Å². The number of carbonyl (C=O) groups is 6. The third-order valence-electron chi connectivity index (χ3n) is 17.6. The van der Waals surface area contributed by atoms with Crippen molar-refractivity contribution in [3.05, 3.63) is 107 Å². The second-order valence-corrected chi connectivity index (χ2v) is 22.3. The smallest absolute Gasteiger partial charge is 0.407 e. The maximum absolute atomic E-state index is 14.5. The van der Waals surface area contributed by atoms with Crippen molar-refractivity contribution >= 4 is 57.9 Å². The molecule has 4 heterocycles. The van der Waals surface area contributed by atoms with Gasteiger partial charge in [0.15, 0.2) is 0 Å². The number of amides is 6. The molecule has 18 nitrogen and oxygen atoms in total. The number of imidazole rings is 2. The molecule has 14 rings (SSSR count). The first-order valence-corrected chi connectivity index (χ1v) is 28.0. The van der Waals surface area contributed by atoms with Gasteiger partial charge in [0.1, 0.15) is 23.7 Å². The van der Waals surface area contributed by atoms with E-state index in [0.29, 0.717) is 23.5 Å². The number of ether oxygens (including phenoxy) is 2. The number of benzene rings is 4. The van der Waals surface area contributed by atoms with Gasteiger partial charge in [0.25, 0.3) is 0 Å². The van der Waals surface area contributed by atoms with Crippen LogP contribution in [0, 0.1) is 11.8 Å². The molecule has 0 radical (unpaired) electrons. The van der Waals surface area contributed by atoms with Gasteiger partial charge >= 0.3 is 12.2 Å². The van der Waals surface area contributed by atoms with E-state index in [1.54, 1.807) is 0 Å². The van der Waals surface area contributed by atoms with Crippen LogP contribution in [-0.2, 0) is 54.3 Å². The molecule has 4 fully saturated rings. The standard InChI is InChI=1S/C60H70N10O8/c1-77-59(75)67-45(23-25-53(61)71)57(73)69-49-9-5-3-7-39(49)31-51(69)55-63-43-21-19-37(29-47(43)65-55)41-27-33-11-15-35(41)17-13-34-12-16-36(18-14-33)42(28-34)38-20-22-44-48(30-38)66-56(64-44)52-32-40-8-4-6-10-50(40)70(52)58(74)46(24-26-54(62)72)68-60(76)78-2/h11-12,15-16,19-22,27-30,39-40,45-46,49-52H,3-10,13-14,17-18,23-26,31-32H2,1-2H3,(H2,61,71)(H2,62,72)(H,63,65)(H,64,66)(H,67,75)(H,68,76)/t39-,40-,45-,46?,49-,50-,51-,52-/m0/s1. The molecule has 0 spiro atoms. The van der Waals surface area contributed by atoms with Crippen molar-refractivity contribution in [3.63, 3.8) is 0 Å². The molecule has 1 unspecified atom stereocenters. The number of rotatable bonds is 14. The maximum Gasteiger partial charge on any atom is 0.407 e. The molecule has 6 amide bonds. The van der Waals surface area contributed by atoms with Crippen LogP contribution in [-0.4, -0.2) is 104 Å². The number of methoxy groups -OCH3 is 2. The maximum atomic E-state index is 14.5. The highest BCUT2D eigenvalue weighted by Crippen LogP contribution is 2.48. The third-order valence-corrected chi connectivity index (χ3v) is 17.6. The van der Waals surface area contributed by atoms with Crippen molar-refractivity contribution in [1.82, 2.24) is 40.4 Å². The van der Waals surface area contributed by atoms with E-state index in [4.69, 9.17) is 30.9 Å². The van der Waals surface area contributed by atoms with Crippen LogP contribution in [0.1, 0.15) is 136 Å². The minimum atomic E-state index is -0.970. The van der Waals surface area contributed by atoms with Crippen LogP contribution in [0.15, 0.2) is 72.8 Å². The lowest BCUT2D eigenvalue weighted by molar-refractivity contribution is -0.138. The van der Waals surface area contributed by atoms with Crippen molar-refractivity contribution in [2.75, 3.05) is 14.2 Å². The van der Waals surface area contributed by atoms with Crippen LogP contribution in [0.5, 0.6) is 0 Å². The normalized spacial score (nSPS) is 22.5. The highest BCUT2D eigenvalue weighted by atomic mass is 16.5. The Morgan fingerprint density at radius 3 is 1.41 bits per heavy atom. The molecule has 6 aliphatic carbocycles. The first-order valence-electron chi connectivity index (χ1n) is 28.0. The van der Waals surface area contributed by atoms with Crippen LogP contribution in [0.2, 0.25) is 0 Å². The summed E-state index contributed by atoms with van der Waals surface area (Å²) in [5, 5.41) is 5.36. The number of carbonyl (C=O) groups excluding carboxylic acids is 6. The van der Waals surface area contributed by atoms with Gasteiger partial charge in [-0.15, -0.1) is 0 Å². The van der Waals surface area contributed by atoms with Crippen molar-refractivity contribution in [2.24, 2.45) is 23.3 Å². The van der Waals surface area contributed by atoms with Gasteiger partial charge in [0.05, 0.1) is 48.4 Å². The highest BCUT2D eigenvalue weighted by molar-refractivity contribution is 5.90. The predicted molar refractivity (Wildman–Crippen MR) is 293 cm³/mol. The molecule has 18 heteroatoms. The summed E-state index contributed by atoms with van der Waals surface area (Å²) < 4.78 is 9.74. The van der Waals surface area contributed by atoms with Gasteiger partial charge in [0.2, 0.25) is 23.6 Å². The van der Waals surface area contributed by atoms with Gasteiger partial charge in [-0.05, 0) is 158 Å². The molecule has 2 aromatic heterocycles. The summed E-state index contributed by atoms with van der Waals surface area (Å²) in [7, 11) is 2.50. The molecular formula is C60H70N10O8. The Kier molecular flexibility index (Phi) is 15.0. The van der Waals surface area contributed by atoms with Crippen LogP contribution < -0.4 is 22.1 Å². The van der Waals surface area contributed by atoms with Crippen LogP contribution >= 0.6 is 0 Å². The number of aromatic nitrogens is 4. The van der Waals surface area contributed by atoms with Crippen molar-refractivity contribution in [1.29, 1.82) is 0 Å². The molecule has 4 aromatic carbocycles. The summed E-state index contributed by atoms with van der Waals surface area (Å²) in [6.45, 7) is 0. The Morgan fingerprint density at radius 1 is 0.577 bits per heavy atom. The van der Waals surface area contributed by atoms with E-state index < -0.39 is 36.1 Å². The number of nitrogens with two attached hydrogens (primary N) is 2. The SMILES string of the molecule is COC(=O)NC(CCC(N)=O)C(=O)N1[C@H](c2nc3cc(-c4cc5ccc4CCc4ccc(c(-c6ccc7[nH]c([C@@H]8C[C@@H]9CCCC[C@@H]9N8C(=O)[C@H](CCC(N)=O)NC(=O)OC)nc7c6)c4)CC5)ccc3[nH]2)C[C@@H]2CCCC[C@@H]21. The largest absolute Gasteiger partial charge is 0.453 e. The summed E-state index contributed by atoms with van der Waals surface area (Å²) >= 11 is 0. The van der Waals surface area contributed by atoms with Crippen LogP contribution in [0.25, 0.3) is 44.3 Å². The van der Waals surface area contributed by atoms with Crippen molar-refractivity contribution < 1.29 is 38.2 Å². The zero-order valence-corrected chi connectivity index (χ0v) is 44.5. The highest BCUT2D eigenvalue weighted by Gasteiger charge is 2.49. The van der Waals surface area contributed by atoms with Crippen molar-refractivity contribution in [2.45, 2.75) is 152 Å². The number of likely N-dealkylation sites (tertiary alicyclic amines) is 2. The molecular weight excluding hydrogens is 989 g/mol. The number of H-pyrrole nitrogens is 2. The average Bonchev–Trinajstić information content (AvgIpc) is 4.30. The lowest BCUT2D eigenvalue weighted by Gasteiger charge is -2.35. The predicted octanol–water partition coefficient (Wildman–Crippen LogP) is 8.30. The van der Waals surface area contributed by atoms with E-state index in [-0.39, 0.29) is 61.7 Å². The summed E-state index contributed by atoms with van der Waals surface area (Å²) in [4.78, 5) is 99.0. The van der Waals surface area contributed by atoms with E-state index in [1.165, 1.54) is 47.6 Å². The molecule has 78 heavy (non-hydrogen) atoms. The monoisotopic (exact) mass is 1060 g/mol. The summed E-state index contributed by atoms with van der Waals surface area (Å²) in [6, 6.07) is 23.9. The van der Waals surface area contributed by atoms with Crippen molar-refractivity contribution in [3.8, 4) is 22.3 Å². The van der Waals surface area contributed by atoms with E-state index >= 15 is 0 Å². The number of hydrogen-bond acceptors (Lipinski definition) is 10. The number of hydrogen-bond donors (Lipinski definition) is 6. The number of fused-ring (bicyclic) bond motifs is 4. The first-order chi connectivity index (χ1) is 37.8. The van der Waals surface area contributed by atoms with E-state index in [9.17, 15) is 28.8 Å². The summed E-state index contributed by atoms with van der Waals surface area (Å²) in [5.74, 6) is 0.408. The number of alkyl carbamates (subject to hydrolysis) is 2. The number of aryl methyl sites for hydroxylation is 4. The molecule has 408 valence electrons. The van der Waals surface area contributed by atoms with Gasteiger partial charge in [0, 0.05) is 24.9 Å². The fourth-order valence-electron chi connectivity index (χ4n) is 13.7. The number of aromatic amines is 2. The average molecular weight is 1060 g/mol. The fraction of sp³-hybridized carbons (Fsp3) is 0.467. The quantitative estimate of drug-likeness (QED) is 0.0608. The molecule has 2 saturated heterocycles. The second-order valence-electron chi connectivity index (χ2n) is 22.3. The lowest BCUT2D eigenvalue weighted by atomic mass is 9.84. The summed E-state index contributed by atoms with van der Waals surface area (Å²) in [5.41, 5.74) is 23.8. The fourth-order valence-corrected chi connectivity index (χ4v) is 13.7. The Morgan fingerprint density at radius 2 is 1.00 bits per heavy atom. The zero-order valence-electron chi connectivity index (χ0n) is 44.5. The molecule has 2 saturated carbocycles. The minimum Gasteiger partial charge on any atom is -0.453 e. The van der Waals surface area contributed by atoms with Gasteiger partial charge in [-0.1, -0.05) is 74.2 Å². The number of nitrogens with one attached hydrogen (secondary N) is 4. The van der Waals surface area contributed by atoms with Crippen LogP contribution in [0.3, 0.4) is 0 Å². The lowest BCUT2D eigenvalue weighted by Crippen LogP contribution is -2.52. The van der Waals surface area contributed by atoms with Gasteiger partial charge < -0.3 is 51.3 Å². The summed E-state index contributed by atoms with van der Waals surface area (Å²) in [6.07, 6.45) is 11.3. The molecule has 2 aliphatic heterocycles. The first kappa shape index (κ1) is 52.3. The van der Waals surface area contributed by atoms with Gasteiger partial charge in [-0.3, -0.25) is 19.2 Å². The van der Waals surface area contributed by atoms with E-state index in [1.807, 2.05) is 9.80 Å². The van der Waals surface area contributed by atoms with E-state index in [0.717, 1.165) is 123 Å². The molecule has 4 bridgehead atoms. The molecule has 8 atom stereocenters.